The Bertz CT molecular complexity index is 864. The van der Waals surface area contributed by atoms with Crippen molar-refractivity contribution >= 4 is 35.1 Å². The van der Waals surface area contributed by atoms with Gasteiger partial charge in [0.2, 0.25) is 5.95 Å². The lowest BCUT2D eigenvalue weighted by molar-refractivity contribution is -0.155. The Hall–Kier alpha value is -3.01. The molecule has 10 nitrogen and oxygen atoms in total. The first-order valence-electron chi connectivity index (χ1n) is 7.97. The van der Waals surface area contributed by atoms with Crippen LogP contribution in [0.1, 0.15) is 32.2 Å². The van der Waals surface area contributed by atoms with Gasteiger partial charge in [-0.1, -0.05) is 6.58 Å². The number of aromatic nitrogens is 4. The van der Waals surface area contributed by atoms with E-state index in [0.29, 0.717) is 23.3 Å². The van der Waals surface area contributed by atoms with E-state index < -0.39 is 30.4 Å². The zero-order chi connectivity index (χ0) is 18.8. The molecule has 0 aliphatic carbocycles. The number of fused-ring (bicyclic) bond motifs is 1. The number of nitrogens with two attached hydrogens (primary N) is 1. The van der Waals surface area contributed by atoms with E-state index in [1.165, 1.54) is 13.8 Å². The topological polar surface area (TPSA) is 131 Å². The fourth-order valence-electron chi connectivity index (χ4n) is 2.87. The molecule has 1 fully saturated rings. The Morgan fingerprint density at radius 3 is 2.85 bits per heavy atom. The quantitative estimate of drug-likeness (QED) is 0.769. The Morgan fingerprint density at radius 1 is 1.42 bits per heavy atom. The second-order valence-corrected chi connectivity index (χ2v) is 5.81. The first-order chi connectivity index (χ1) is 12.4. The van der Waals surface area contributed by atoms with Crippen molar-refractivity contribution in [1.82, 2.24) is 19.5 Å². The molecule has 3 unspecified atom stereocenters. The third-order valence-corrected chi connectivity index (χ3v) is 3.92. The third kappa shape index (κ3) is 3.49. The summed E-state index contributed by atoms with van der Waals surface area (Å²) >= 11 is 0. The Kier molecular flexibility index (Phi) is 4.85. The van der Waals surface area contributed by atoms with E-state index >= 15 is 0 Å². The van der Waals surface area contributed by atoms with Crippen LogP contribution in [0.2, 0.25) is 0 Å². The summed E-state index contributed by atoms with van der Waals surface area (Å²) in [5.41, 5.74) is 7.27. The number of anilines is 1. The van der Waals surface area contributed by atoms with Crippen molar-refractivity contribution in [3.05, 3.63) is 18.6 Å². The molecular formula is C16H19N5O5. The van der Waals surface area contributed by atoms with Crippen molar-refractivity contribution in [2.24, 2.45) is 0 Å². The van der Waals surface area contributed by atoms with Gasteiger partial charge in [-0.2, -0.15) is 4.98 Å². The number of hydrogen-bond acceptors (Lipinski definition) is 9. The highest BCUT2D eigenvalue weighted by Gasteiger charge is 2.40. The first-order valence-corrected chi connectivity index (χ1v) is 7.97. The highest BCUT2D eigenvalue weighted by atomic mass is 16.6. The van der Waals surface area contributed by atoms with Gasteiger partial charge in [-0.3, -0.25) is 14.2 Å². The summed E-state index contributed by atoms with van der Waals surface area (Å²) in [6.07, 6.45) is 1.77. The number of esters is 2. The van der Waals surface area contributed by atoms with Gasteiger partial charge >= 0.3 is 11.9 Å². The molecule has 2 aromatic rings. The molecule has 0 spiro atoms. The van der Waals surface area contributed by atoms with Gasteiger partial charge in [0.15, 0.2) is 5.65 Å². The summed E-state index contributed by atoms with van der Waals surface area (Å²) < 4.78 is 17.9. The average molecular weight is 361 g/mol. The van der Waals surface area contributed by atoms with Crippen molar-refractivity contribution in [2.45, 2.75) is 38.7 Å². The molecule has 3 atom stereocenters. The van der Waals surface area contributed by atoms with Crippen molar-refractivity contribution in [3.8, 4) is 0 Å². The maximum absolute atomic E-state index is 11.4. The highest BCUT2D eigenvalue weighted by Crippen LogP contribution is 2.33. The number of carbonyl (C=O) groups is 2. The second-order valence-electron chi connectivity index (χ2n) is 5.81. The average Bonchev–Trinajstić information content (AvgIpc) is 3.15. The molecule has 2 N–H and O–H groups in total. The molecular weight excluding hydrogens is 342 g/mol. The Morgan fingerprint density at radius 2 is 2.19 bits per heavy atom. The number of rotatable bonds is 5. The minimum Gasteiger partial charge on any atom is -0.463 e. The summed E-state index contributed by atoms with van der Waals surface area (Å²) in [7, 11) is 0. The van der Waals surface area contributed by atoms with Crippen LogP contribution < -0.4 is 5.73 Å². The summed E-state index contributed by atoms with van der Waals surface area (Å²) in [5.74, 6) is -0.800. The van der Waals surface area contributed by atoms with E-state index in [4.69, 9.17) is 19.9 Å². The zero-order valence-electron chi connectivity index (χ0n) is 14.4. The number of imidazole rings is 1. The molecule has 1 aliphatic heterocycles. The van der Waals surface area contributed by atoms with E-state index in [9.17, 15) is 9.59 Å². The summed E-state index contributed by atoms with van der Waals surface area (Å²) in [4.78, 5) is 35.0. The number of nitrogens with zero attached hydrogens (tertiary/aromatic N) is 4. The second kappa shape index (κ2) is 7.08. The molecule has 3 rings (SSSR count). The lowest BCUT2D eigenvalue weighted by Gasteiger charge is -2.17. The molecule has 138 valence electrons. The Balaban J connectivity index is 1.90. The van der Waals surface area contributed by atoms with Crippen LogP contribution in [-0.4, -0.2) is 50.3 Å². The first kappa shape index (κ1) is 17.8. The number of carbonyl (C=O) groups excluding carboxylic acids is 2. The van der Waals surface area contributed by atoms with Gasteiger partial charge in [0.05, 0.1) is 12.0 Å². The molecule has 3 heterocycles. The summed E-state index contributed by atoms with van der Waals surface area (Å²) in [6, 6.07) is 0. The van der Waals surface area contributed by atoms with Crippen LogP contribution in [0, 0.1) is 0 Å². The summed E-state index contributed by atoms with van der Waals surface area (Å²) in [5, 5.41) is 0. The molecule has 26 heavy (non-hydrogen) atoms. The summed E-state index contributed by atoms with van der Waals surface area (Å²) in [6.45, 7) is 6.28. The van der Waals surface area contributed by atoms with Gasteiger partial charge in [0.25, 0.3) is 0 Å². The maximum Gasteiger partial charge on any atom is 0.303 e. The van der Waals surface area contributed by atoms with Crippen LogP contribution in [0.5, 0.6) is 0 Å². The zero-order valence-corrected chi connectivity index (χ0v) is 14.4. The largest absolute Gasteiger partial charge is 0.463 e. The molecule has 0 amide bonds. The number of ether oxygens (including phenoxy) is 3. The van der Waals surface area contributed by atoms with E-state index in [1.54, 1.807) is 17.0 Å². The molecule has 0 aromatic carbocycles. The molecule has 2 aromatic heterocycles. The van der Waals surface area contributed by atoms with Crippen LogP contribution in [0.25, 0.3) is 17.2 Å². The van der Waals surface area contributed by atoms with E-state index in [0.717, 1.165) is 0 Å². The molecule has 0 radical (unpaired) electrons. The maximum atomic E-state index is 11.4. The van der Waals surface area contributed by atoms with Gasteiger partial charge in [-0.15, -0.1) is 0 Å². The Labute approximate surface area is 149 Å². The molecule has 1 aliphatic rings. The van der Waals surface area contributed by atoms with Crippen molar-refractivity contribution in [2.75, 3.05) is 12.3 Å². The van der Waals surface area contributed by atoms with Gasteiger partial charge in [-0.05, 0) is 6.08 Å². The van der Waals surface area contributed by atoms with Crippen LogP contribution in [0.3, 0.4) is 0 Å². The van der Waals surface area contributed by atoms with E-state index in [1.807, 2.05) is 0 Å². The van der Waals surface area contributed by atoms with Gasteiger partial charge in [0.1, 0.15) is 30.6 Å². The molecule has 0 saturated carbocycles. The van der Waals surface area contributed by atoms with Gasteiger partial charge in [0, 0.05) is 20.3 Å². The number of nitrogen functional groups attached to an aromatic ring is 1. The SMILES string of the molecule is C=Cc1nc(N)nc2c1ncn2C1CC(OC(C)=O)C(COC(C)=O)O1. The van der Waals surface area contributed by atoms with Crippen molar-refractivity contribution in [3.63, 3.8) is 0 Å². The lowest BCUT2D eigenvalue weighted by atomic mass is 10.2. The monoisotopic (exact) mass is 361 g/mol. The highest BCUT2D eigenvalue weighted by molar-refractivity contribution is 5.80. The van der Waals surface area contributed by atoms with Crippen LogP contribution >= 0.6 is 0 Å². The van der Waals surface area contributed by atoms with E-state index in [2.05, 4.69) is 21.5 Å². The van der Waals surface area contributed by atoms with Crippen LogP contribution in [0.4, 0.5) is 5.95 Å². The van der Waals surface area contributed by atoms with Gasteiger partial charge in [-0.25, -0.2) is 9.97 Å². The van der Waals surface area contributed by atoms with E-state index in [-0.39, 0.29) is 12.6 Å². The van der Waals surface area contributed by atoms with Gasteiger partial charge < -0.3 is 19.9 Å². The molecule has 1 saturated heterocycles. The van der Waals surface area contributed by atoms with Crippen LogP contribution in [0.15, 0.2) is 12.9 Å². The third-order valence-electron chi connectivity index (χ3n) is 3.92. The predicted molar refractivity (Wildman–Crippen MR) is 90.5 cm³/mol. The van der Waals surface area contributed by atoms with Crippen LogP contribution in [-0.2, 0) is 23.8 Å². The molecule has 0 bridgehead atoms. The number of hydrogen-bond donors (Lipinski definition) is 1. The van der Waals surface area contributed by atoms with Crippen molar-refractivity contribution < 1.29 is 23.8 Å². The lowest BCUT2D eigenvalue weighted by Crippen LogP contribution is -2.31. The predicted octanol–water partition coefficient (Wildman–Crippen LogP) is 0.834. The fraction of sp³-hybridized carbons (Fsp3) is 0.438. The minimum absolute atomic E-state index is 0.0224. The standard InChI is InChI=1S/C16H19N5O5/c1-4-10-14-15(20-16(17)19-10)21(7-18-14)13-5-11(25-9(3)23)12(26-13)6-24-8(2)22/h4,7,11-13H,1,5-6H2,2-3H3,(H2,17,19,20). The van der Waals surface area contributed by atoms with Crippen molar-refractivity contribution in [1.29, 1.82) is 0 Å². The molecule has 10 heteroatoms. The minimum atomic E-state index is -0.594. The normalized spacial score (nSPS) is 22.3. The fourth-order valence-corrected chi connectivity index (χ4v) is 2.87. The smallest absolute Gasteiger partial charge is 0.303 e.